The van der Waals surface area contributed by atoms with Crippen molar-refractivity contribution in [3.8, 4) is 5.69 Å². The van der Waals surface area contributed by atoms with Crippen LogP contribution in [-0.4, -0.2) is 33.4 Å². The fraction of sp³-hybridized carbons (Fsp3) is 0.333. The van der Waals surface area contributed by atoms with E-state index in [4.69, 9.17) is 0 Å². The van der Waals surface area contributed by atoms with Gasteiger partial charge in [-0.2, -0.15) is 0 Å². The molecule has 1 fully saturated rings. The molecule has 0 bridgehead atoms. The Hall–Kier alpha value is -3.12. The van der Waals surface area contributed by atoms with Crippen LogP contribution in [0.3, 0.4) is 0 Å². The number of nitrogens with one attached hydrogen (secondary N) is 2. The summed E-state index contributed by atoms with van der Waals surface area (Å²) in [6.07, 6.45) is 4.20. The lowest BCUT2D eigenvalue weighted by Gasteiger charge is -2.30. The van der Waals surface area contributed by atoms with Crippen molar-refractivity contribution in [3.05, 3.63) is 82.0 Å². The van der Waals surface area contributed by atoms with Crippen LogP contribution < -0.4 is 11.0 Å². The summed E-state index contributed by atoms with van der Waals surface area (Å²) in [6.45, 7) is 7.45. The maximum Gasteiger partial charge on any atom is 0.330 e. The Labute approximate surface area is 176 Å². The zero-order valence-electron chi connectivity index (χ0n) is 17.5. The minimum absolute atomic E-state index is 0.169. The smallest absolute Gasteiger partial charge is 0.322 e. The van der Waals surface area contributed by atoms with Crippen molar-refractivity contribution >= 4 is 11.6 Å². The Balaban J connectivity index is 1.37. The number of nitrogens with zero attached hydrogens (tertiary/aromatic N) is 2. The van der Waals surface area contributed by atoms with E-state index in [2.05, 4.69) is 34.3 Å². The summed E-state index contributed by atoms with van der Waals surface area (Å²) in [5.41, 5.74) is 3.94. The monoisotopic (exact) mass is 404 g/mol. The lowest BCUT2D eigenvalue weighted by molar-refractivity contribution is 0.102. The second-order valence-corrected chi connectivity index (χ2v) is 8.23. The second kappa shape index (κ2) is 8.71. The first-order chi connectivity index (χ1) is 14.5. The van der Waals surface area contributed by atoms with Gasteiger partial charge in [0.1, 0.15) is 0 Å². The molecule has 0 saturated carbocycles. The summed E-state index contributed by atoms with van der Waals surface area (Å²) in [7, 11) is 0. The average Bonchev–Trinajstić information content (AvgIpc) is 3.09. The molecule has 30 heavy (non-hydrogen) atoms. The van der Waals surface area contributed by atoms with Crippen LogP contribution in [-0.2, 0) is 6.54 Å². The van der Waals surface area contributed by atoms with E-state index in [0.29, 0.717) is 5.56 Å². The van der Waals surface area contributed by atoms with Crippen molar-refractivity contribution in [2.75, 3.05) is 18.4 Å². The Morgan fingerprint density at radius 2 is 1.73 bits per heavy atom. The van der Waals surface area contributed by atoms with Crippen molar-refractivity contribution in [2.24, 2.45) is 5.92 Å². The SMILES string of the molecule is Cc1c[nH]c(=O)n1-c1ccc(C(=O)Nc2ccc(CN3CCC(C)CC3)cc2)cc1. The van der Waals surface area contributed by atoms with Gasteiger partial charge in [-0.25, -0.2) is 4.79 Å². The molecule has 4 rings (SSSR count). The van der Waals surface area contributed by atoms with Gasteiger partial charge in [0.2, 0.25) is 0 Å². The number of amides is 1. The summed E-state index contributed by atoms with van der Waals surface area (Å²) < 4.78 is 1.57. The number of imidazole rings is 1. The average molecular weight is 405 g/mol. The van der Waals surface area contributed by atoms with Crippen LogP contribution in [0.2, 0.25) is 0 Å². The molecular formula is C24H28N4O2. The molecule has 156 valence electrons. The van der Waals surface area contributed by atoms with Gasteiger partial charge in [0.15, 0.2) is 0 Å². The van der Waals surface area contributed by atoms with Gasteiger partial charge in [0.25, 0.3) is 5.91 Å². The van der Waals surface area contributed by atoms with Crippen LogP contribution >= 0.6 is 0 Å². The van der Waals surface area contributed by atoms with Gasteiger partial charge in [0.05, 0.1) is 5.69 Å². The zero-order chi connectivity index (χ0) is 21.1. The molecule has 0 spiro atoms. The largest absolute Gasteiger partial charge is 0.330 e. The van der Waals surface area contributed by atoms with Gasteiger partial charge in [0, 0.05) is 29.7 Å². The summed E-state index contributed by atoms with van der Waals surface area (Å²) in [4.78, 5) is 29.6. The van der Waals surface area contributed by atoms with Gasteiger partial charge < -0.3 is 10.3 Å². The standard InChI is InChI=1S/C24H28N4O2/c1-17-11-13-27(14-12-17)16-19-3-7-21(8-4-19)26-23(29)20-5-9-22(10-6-20)28-18(2)15-25-24(28)30/h3-10,15,17H,11-14,16H2,1-2H3,(H,25,30)(H,26,29). The topological polar surface area (TPSA) is 70.1 Å². The van der Waals surface area contributed by atoms with Gasteiger partial charge in [-0.1, -0.05) is 19.1 Å². The quantitative estimate of drug-likeness (QED) is 0.676. The highest BCUT2D eigenvalue weighted by Gasteiger charge is 2.15. The number of rotatable bonds is 5. The molecule has 2 N–H and O–H groups in total. The molecule has 6 heteroatoms. The number of H-pyrrole nitrogens is 1. The molecule has 3 aromatic rings. The third-order valence-corrected chi connectivity index (χ3v) is 5.84. The third kappa shape index (κ3) is 4.54. The van der Waals surface area contributed by atoms with E-state index in [1.165, 1.54) is 18.4 Å². The van der Waals surface area contributed by atoms with Gasteiger partial charge in [-0.15, -0.1) is 0 Å². The van der Waals surface area contributed by atoms with Crippen LogP contribution in [0.25, 0.3) is 5.69 Å². The maximum atomic E-state index is 12.6. The predicted octanol–water partition coefficient (Wildman–Crippen LogP) is 3.96. The van der Waals surface area contributed by atoms with Gasteiger partial charge in [-0.05, 0) is 80.7 Å². The van der Waals surface area contributed by atoms with Crippen LogP contribution in [0, 0.1) is 12.8 Å². The lowest BCUT2D eigenvalue weighted by Crippen LogP contribution is -2.32. The number of aryl methyl sites for hydroxylation is 1. The fourth-order valence-corrected chi connectivity index (χ4v) is 3.91. The van der Waals surface area contributed by atoms with Crippen molar-refractivity contribution in [2.45, 2.75) is 33.2 Å². The first-order valence-electron chi connectivity index (χ1n) is 10.5. The minimum atomic E-state index is -0.191. The van der Waals surface area contributed by atoms with Crippen LogP contribution in [0.4, 0.5) is 5.69 Å². The molecule has 1 aliphatic rings. The number of piperidine rings is 1. The molecule has 0 aliphatic carbocycles. The van der Waals surface area contributed by atoms with Crippen molar-refractivity contribution in [1.82, 2.24) is 14.5 Å². The number of hydrogen-bond donors (Lipinski definition) is 2. The molecule has 0 atom stereocenters. The van der Waals surface area contributed by atoms with E-state index >= 15 is 0 Å². The fourth-order valence-electron chi connectivity index (χ4n) is 3.91. The molecule has 0 unspecified atom stereocenters. The number of aromatic amines is 1. The number of carbonyl (C=O) groups is 1. The Kier molecular flexibility index (Phi) is 5.86. The summed E-state index contributed by atoms with van der Waals surface area (Å²) in [6, 6.07) is 15.1. The summed E-state index contributed by atoms with van der Waals surface area (Å²) >= 11 is 0. The molecular weight excluding hydrogens is 376 g/mol. The molecule has 1 saturated heterocycles. The molecule has 1 aromatic heterocycles. The number of anilines is 1. The molecule has 6 nitrogen and oxygen atoms in total. The lowest BCUT2D eigenvalue weighted by atomic mass is 9.99. The number of likely N-dealkylation sites (tertiary alicyclic amines) is 1. The number of benzene rings is 2. The number of aromatic nitrogens is 2. The van der Waals surface area contributed by atoms with Gasteiger partial charge in [-0.3, -0.25) is 14.3 Å². The van der Waals surface area contributed by atoms with Crippen molar-refractivity contribution < 1.29 is 4.79 Å². The highest BCUT2D eigenvalue weighted by molar-refractivity contribution is 6.04. The Morgan fingerprint density at radius 1 is 1.07 bits per heavy atom. The minimum Gasteiger partial charge on any atom is -0.322 e. The molecule has 2 heterocycles. The highest BCUT2D eigenvalue weighted by atomic mass is 16.2. The van der Waals surface area contributed by atoms with Crippen molar-refractivity contribution in [3.63, 3.8) is 0 Å². The van der Waals surface area contributed by atoms with Crippen LogP contribution in [0.1, 0.15) is 41.4 Å². The zero-order valence-corrected chi connectivity index (χ0v) is 17.5. The highest BCUT2D eigenvalue weighted by Crippen LogP contribution is 2.19. The van der Waals surface area contributed by atoms with E-state index in [1.807, 2.05) is 19.1 Å². The van der Waals surface area contributed by atoms with E-state index < -0.39 is 0 Å². The van der Waals surface area contributed by atoms with E-state index in [1.54, 1.807) is 35.0 Å². The molecule has 0 radical (unpaired) electrons. The second-order valence-electron chi connectivity index (χ2n) is 8.23. The van der Waals surface area contributed by atoms with E-state index in [-0.39, 0.29) is 11.6 Å². The normalized spacial score (nSPS) is 15.3. The predicted molar refractivity (Wildman–Crippen MR) is 119 cm³/mol. The van der Waals surface area contributed by atoms with Crippen LogP contribution in [0.15, 0.2) is 59.5 Å². The van der Waals surface area contributed by atoms with E-state index in [0.717, 1.165) is 42.6 Å². The van der Waals surface area contributed by atoms with E-state index in [9.17, 15) is 9.59 Å². The Morgan fingerprint density at radius 3 is 2.33 bits per heavy atom. The van der Waals surface area contributed by atoms with Gasteiger partial charge >= 0.3 is 5.69 Å². The number of hydrogen-bond acceptors (Lipinski definition) is 3. The number of carbonyl (C=O) groups excluding carboxylic acids is 1. The summed E-state index contributed by atoms with van der Waals surface area (Å²) in [5.74, 6) is 0.665. The van der Waals surface area contributed by atoms with Crippen LogP contribution in [0.5, 0.6) is 0 Å². The van der Waals surface area contributed by atoms with Crippen molar-refractivity contribution in [1.29, 1.82) is 0 Å². The third-order valence-electron chi connectivity index (χ3n) is 5.84. The maximum absolute atomic E-state index is 12.6. The first kappa shape index (κ1) is 20.2. The first-order valence-corrected chi connectivity index (χ1v) is 10.5. The molecule has 1 amide bonds. The molecule has 2 aromatic carbocycles. The Bertz CT molecular complexity index is 1060. The molecule has 1 aliphatic heterocycles. The summed E-state index contributed by atoms with van der Waals surface area (Å²) in [5, 5.41) is 2.94.